The van der Waals surface area contributed by atoms with Crippen LogP contribution >= 0.6 is 11.6 Å². The van der Waals surface area contributed by atoms with Gasteiger partial charge in [0.25, 0.3) is 0 Å². The standard InChI is InChI=1S/C22H21ClN4/c1-4-16-8-5-6-11-19(16)26-21-20-14(2)15(3)27(22(20)25-13-24-21)18-10-7-9-17(23)12-18/h5-13H,4H2,1-3H3,(H,24,25,26). The second kappa shape index (κ2) is 7.05. The van der Waals surface area contributed by atoms with E-state index in [2.05, 4.69) is 58.8 Å². The van der Waals surface area contributed by atoms with E-state index in [1.54, 1.807) is 6.33 Å². The number of hydrogen-bond acceptors (Lipinski definition) is 3. The first-order chi connectivity index (χ1) is 13.1. The zero-order valence-corrected chi connectivity index (χ0v) is 16.4. The Hall–Kier alpha value is -2.85. The van der Waals surface area contributed by atoms with Crippen LogP contribution in [0.15, 0.2) is 54.9 Å². The van der Waals surface area contributed by atoms with Gasteiger partial charge in [0.1, 0.15) is 12.1 Å². The summed E-state index contributed by atoms with van der Waals surface area (Å²) in [6, 6.07) is 16.1. The lowest BCUT2D eigenvalue weighted by Crippen LogP contribution is -2.00. The third-order valence-electron chi connectivity index (χ3n) is 5.01. The second-order valence-corrected chi connectivity index (χ2v) is 7.02. The number of benzene rings is 2. The van der Waals surface area contributed by atoms with Gasteiger partial charge in [0.05, 0.1) is 5.39 Å². The molecule has 2 aromatic heterocycles. The number of aromatic nitrogens is 3. The minimum absolute atomic E-state index is 0.704. The van der Waals surface area contributed by atoms with Gasteiger partial charge in [-0.3, -0.25) is 4.57 Å². The molecule has 136 valence electrons. The molecule has 2 heterocycles. The maximum absolute atomic E-state index is 6.22. The molecule has 0 fully saturated rings. The number of hydrogen-bond donors (Lipinski definition) is 1. The topological polar surface area (TPSA) is 42.7 Å². The number of para-hydroxylation sites is 1. The molecule has 4 aromatic rings. The zero-order valence-electron chi connectivity index (χ0n) is 15.6. The van der Waals surface area contributed by atoms with Crippen molar-refractivity contribution in [3.63, 3.8) is 0 Å². The summed E-state index contributed by atoms with van der Waals surface area (Å²) in [5, 5.41) is 5.25. The van der Waals surface area contributed by atoms with Gasteiger partial charge in [-0.25, -0.2) is 9.97 Å². The van der Waals surface area contributed by atoms with E-state index in [9.17, 15) is 0 Å². The van der Waals surface area contributed by atoms with Crippen LogP contribution < -0.4 is 5.32 Å². The maximum atomic E-state index is 6.22. The number of nitrogens with zero attached hydrogens (tertiary/aromatic N) is 3. The Morgan fingerprint density at radius 1 is 1.04 bits per heavy atom. The number of halogens is 1. The fourth-order valence-corrected chi connectivity index (χ4v) is 3.69. The number of aryl methyl sites for hydroxylation is 2. The van der Waals surface area contributed by atoms with Crippen LogP contribution in [0.25, 0.3) is 16.7 Å². The normalized spacial score (nSPS) is 11.1. The van der Waals surface area contributed by atoms with Crippen molar-refractivity contribution in [3.05, 3.63) is 76.7 Å². The van der Waals surface area contributed by atoms with E-state index >= 15 is 0 Å². The second-order valence-electron chi connectivity index (χ2n) is 6.58. The Morgan fingerprint density at radius 2 is 1.85 bits per heavy atom. The largest absolute Gasteiger partial charge is 0.339 e. The van der Waals surface area contributed by atoms with Crippen molar-refractivity contribution >= 4 is 34.1 Å². The third kappa shape index (κ3) is 3.06. The van der Waals surface area contributed by atoms with Gasteiger partial charge in [0, 0.05) is 22.1 Å². The number of nitrogens with one attached hydrogen (secondary N) is 1. The van der Waals surface area contributed by atoms with Crippen LogP contribution in [-0.4, -0.2) is 14.5 Å². The quantitative estimate of drug-likeness (QED) is 0.475. The van der Waals surface area contributed by atoms with Gasteiger partial charge in [-0.15, -0.1) is 0 Å². The van der Waals surface area contributed by atoms with E-state index in [0.717, 1.165) is 45.9 Å². The Balaban J connectivity index is 1.91. The van der Waals surface area contributed by atoms with Crippen molar-refractivity contribution in [3.8, 4) is 5.69 Å². The molecule has 0 saturated heterocycles. The molecular weight excluding hydrogens is 356 g/mol. The molecule has 0 aliphatic carbocycles. The molecule has 27 heavy (non-hydrogen) atoms. The summed E-state index contributed by atoms with van der Waals surface area (Å²) in [6.07, 6.45) is 2.57. The van der Waals surface area contributed by atoms with Crippen molar-refractivity contribution in [2.75, 3.05) is 5.32 Å². The maximum Gasteiger partial charge on any atom is 0.150 e. The van der Waals surface area contributed by atoms with Crippen LogP contribution in [0.3, 0.4) is 0 Å². The van der Waals surface area contributed by atoms with Crippen LogP contribution in [0.2, 0.25) is 5.02 Å². The first kappa shape index (κ1) is 17.6. The van der Waals surface area contributed by atoms with E-state index in [4.69, 9.17) is 11.6 Å². The van der Waals surface area contributed by atoms with Crippen molar-refractivity contribution in [1.82, 2.24) is 14.5 Å². The summed E-state index contributed by atoms with van der Waals surface area (Å²) in [7, 11) is 0. The molecule has 0 aliphatic heterocycles. The molecule has 0 bridgehead atoms. The Morgan fingerprint density at radius 3 is 2.63 bits per heavy atom. The van der Waals surface area contributed by atoms with Gasteiger partial charge in [-0.1, -0.05) is 42.8 Å². The molecule has 2 aromatic carbocycles. The molecule has 0 spiro atoms. The average Bonchev–Trinajstić information content (AvgIpc) is 2.94. The predicted molar refractivity (Wildman–Crippen MR) is 112 cm³/mol. The monoisotopic (exact) mass is 376 g/mol. The molecule has 0 atom stereocenters. The zero-order chi connectivity index (χ0) is 19.0. The predicted octanol–water partition coefficient (Wildman–Crippen LogP) is 6.00. The molecule has 5 heteroatoms. The lowest BCUT2D eigenvalue weighted by atomic mass is 10.1. The Bertz CT molecular complexity index is 1130. The van der Waals surface area contributed by atoms with Crippen LogP contribution in [0.5, 0.6) is 0 Å². The molecule has 0 saturated carbocycles. The summed E-state index contributed by atoms with van der Waals surface area (Å²) in [4.78, 5) is 9.12. The number of fused-ring (bicyclic) bond motifs is 1. The van der Waals surface area contributed by atoms with E-state index < -0.39 is 0 Å². The van der Waals surface area contributed by atoms with E-state index in [1.165, 1.54) is 5.56 Å². The van der Waals surface area contributed by atoms with Crippen LogP contribution in [0, 0.1) is 13.8 Å². The highest BCUT2D eigenvalue weighted by Gasteiger charge is 2.18. The van der Waals surface area contributed by atoms with Crippen molar-refractivity contribution in [1.29, 1.82) is 0 Å². The fraction of sp³-hybridized carbons (Fsp3) is 0.182. The molecule has 0 aliphatic rings. The summed E-state index contributed by atoms with van der Waals surface area (Å²) in [5.41, 5.74) is 6.48. The molecular formula is C22H21ClN4. The first-order valence-corrected chi connectivity index (χ1v) is 9.41. The minimum Gasteiger partial charge on any atom is -0.339 e. The highest BCUT2D eigenvalue weighted by molar-refractivity contribution is 6.30. The lowest BCUT2D eigenvalue weighted by molar-refractivity contribution is 1.01. The molecule has 0 amide bonds. The number of rotatable bonds is 4. The molecule has 0 unspecified atom stereocenters. The summed E-state index contributed by atoms with van der Waals surface area (Å²) >= 11 is 6.22. The smallest absolute Gasteiger partial charge is 0.150 e. The lowest BCUT2D eigenvalue weighted by Gasteiger charge is -2.11. The van der Waals surface area contributed by atoms with Crippen LogP contribution in [-0.2, 0) is 6.42 Å². The number of anilines is 2. The van der Waals surface area contributed by atoms with Crippen molar-refractivity contribution in [2.24, 2.45) is 0 Å². The molecule has 4 rings (SSSR count). The van der Waals surface area contributed by atoms with E-state index in [-0.39, 0.29) is 0 Å². The van der Waals surface area contributed by atoms with Crippen molar-refractivity contribution in [2.45, 2.75) is 27.2 Å². The summed E-state index contributed by atoms with van der Waals surface area (Å²) < 4.78 is 2.13. The van der Waals surface area contributed by atoms with Gasteiger partial charge < -0.3 is 5.32 Å². The highest BCUT2D eigenvalue weighted by Crippen LogP contribution is 2.33. The van der Waals surface area contributed by atoms with Crippen LogP contribution in [0.4, 0.5) is 11.5 Å². The summed E-state index contributed by atoms with van der Waals surface area (Å²) in [6.45, 7) is 6.36. The SMILES string of the molecule is CCc1ccccc1Nc1ncnc2c1c(C)c(C)n2-c1cccc(Cl)c1. The third-order valence-corrected chi connectivity index (χ3v) is 5.25. The Labute approximate surface area is 163 Å². The fourth-order valence-electron chi connectivity index (χ4n) is 3.50. The van der Waals surface area contributed by atoms with Crippen molar-refractivity contribution < 1.29 is 0 Å². The van der Waals surface area contributed by atoms with Gasteiger partial charge in [-0.05, 0) is 55.7 Å². The summed E-state index contributed by atoms with van der Waals surface area (Å²) in [5.74, 6) is 0.822. The Kier molecular flexibility index (Phi) is 4.58. The minimum atomic E-state index is 0.704. The van der Waals surface area contributed by atoms with E-state index in [1.807, 2.05) is 30.3 Å². The molecule has 4 nitrogen and oxygen atoms in total. The average molecular weight is 377 g/mol. The van der Waals surface area contributed by atoms with Gasteiger partial charge in [0.2, 0.25) is 0 Å². The molecule has 1 N–H and O–H groups in total. The highest BCUT2D eigenvalue weighted by atomic mass is 35.5. The van der Waals surface area contributed by atoms with Gasteiger partial charge in [0.15, 0.2) is 5.65 Å². The van der Waals surface area contributed by atoms with E-state index in [0.29, 0.717) is 5.02 Å². The van der Waals surface area contributed by atoms with Gasteiger partial charge >= 0.3 is 0 Å². The first-order valence-electron chi connectivity index (χ1n) is 9.03. The molecule has 0 radical (unpaired) electrons. The van der Waals surface area contributed by atoms with Crippen LogP contribution in [0.1, 0.15) is 23.7 Å². The van der Waals surface area contributed by atoms with Gasteiger partial charge in [-0.2, -0.15) is 0 Å².